The highest BCUT2D eigenvalue weighted by Gasteiger charge is 2.10. The Morgan fingerprint density at radius 1 is 1.33 bits per heavy atom. The number of halogens is 2. The summed E-state index contributed by atoms with van der Waals surface area (Å²) in [6.07, 6.45) is 0.615. The molecule has 0 heterocycles. The molecule has 0 saturated carbocycles. The number of hydrogen-bond donors (Lipinski definition) is 1. The van der Waals surface area contributed by atoms with E-state index in [9.17, 15) is 8.78 Å². The Balaban J connectivity index is 2.91. The van der Waals surface area contributed by atoms with Crippen molar-refractivity contribution in [1.29, 1.82) is 0 Å². The zero-order valence-electron chi connectivity index (χ0n) is 8.37. The van der Waals surface area contributed by atoms with Gasteiger partial charge in [0.05, 0.1) is 7.11 Å². The highest BCUT2D eigenvalue weighted by molar-refractivity contribution is 5.43. The molecule has 0 bridgehead atoms. The summed E-state index contributed by atoms with van der Waals surface area (Å²) < 4.78 is 33.3. The van der Waals surface area contributed by atoms with Crippen molar-refractivity contribution < 1.29 is 18.3 Å². The van der Waals surface area contributed by atoms with Crippen molar-refractivity contribution in [3.8, 4) is 11.5 Å². The fraction of sp³-hybridized carbons (Fsp3) is 0.400. The van der Waals surface area contributed by atoms with Gasteiger partial charge < -0.3 is 15.2 Å². The molecule has 0 saturated heterocycles. The van der Waals surface area contributed by atoms with Gasteiger partial charge in [0.25, 0.3) is 0 Å². The van der Waals surface area contributed by atoms with Crippen LogP contribution in [0.4, 0.5) is 8.78 Å². The SMILES string of the molecule is COc1ccc(CCN)cc1OC(F)F. The average molecular weight is 217 g/mol. The van der Waals surface area contributed by atoms with E-state index in [1.807, 2.05) is 0 Å². The summed E-state index contributed by atoms with van der Waals surface area (Å²) >= 11 is 0. The normalized spacial score (nSPS) is 10.5. The number of ether oxygens (including phenoxy) is 2. The van der Waals surface area contributed by atoms with Gasteiger partial charge in [-0.1, -0.05) is 6.07 Å². The third-order valence-corrected chi connectivity index (χ3v) is 1.88. The second kappa shape index (κ2) is 5.50. The molecule has 1 aromatic rings. The van der Waals surface area contributed by atoms with Gasteiger partial charge in [0.2, 0.25) is 0 Å². The van der Waals surface area contributed by atoms with Gasteiger partial charge in [-0.15, -0.1) is 0 Å². The summed E-state index contributed by atoms with van der Waals surface area (Å²) in [6.45, 7) is -2.40. The molecule has 0 aliphatic carbocycles. The smallest absolute Gasteiger partial charge is 0.387 e. The molecule has 84 valence electrons. The first-order valence-electron chi connectivity index (χ1n) is 4.49. The molecule has 2 N–H and O–H groups in total. The van der Waals surface area contributed by atoms with E-state index < -0.39 is 6.61 Å². The van der Waals surface area contributed by atoms with Gasteiger partial charge >= 0.3 is 6.61 Å². The van der Waals surface area contributed by atoms with E-state index >= 15 is 0 Å². The topological polar surface area (TPSA) is 44.5 Å². The molecule has 3 nitrogen and oxygen atoms in total. The molecule has 0 atom stereocenters. The summed E-state index contributed by atoms with van der Waals surface area (Å²) in [5.74, 6) is 0.328. The summed E-state index contributed by atoms with van der Waals surface area (Å²) in [7, 11) is 1.40. The van der Waals surface area contributed by atoms with Crippen molar-refractivity contribution >= 4 is 0 Å². The van der Waals surface area contributed by atoms with Gasteiger partial charge in [-0.3, -0.25) is 0 Å². The molecule has 0 amide bonds. The molecule has 0 aliphatic heterocycles. The van der Waals surface area contributed by atoms with Crippen molar-refractivity contribution in [3.05, 3.63) is 23.8 Å². The van der Waals surface area contributed by atoms with E-state index in [1.165, 1.54) is 13.2 Å². The first kappa shape index (κ1) is 11.7. The Morgan fingerprint density at radius 2 is 2.07 bits per heavy atom. The Kier molecular flexibility index (Phi) is 4.30. The van der Waals surface area contributed by atoms with Crippen molar-refractivity contribution in [2.75, 3.05) is 13.7 Å². The molecule has 5 heteroatoms. The molecule has 0 unspecified atom stereocenters. The summed E-state index contributed by atoms with van der Waals surface area (Å²) in [5, 5.41) is 0. The number of hydrogen-bond acceptors (Lipinski definition) is 3. The molecule has 1 aromatic carbocycles. The van der Waals surface area contributed by atoms with Crippen LogP contribution in [0, 0.1) is 0 Å². The quantitative estimate of drug-likeness (QED) is 0.817. The van der Waals surface area contributed by atoms with Crippen molar-refractivity contribution in [2.24, 2.45) is 5.73 Å². The minimum atomic E-state index is -2.85. The molecule has 0 aliphatic rings. The Morgan fingerprint density at radius 3 is 2.60 bits per heavy atom. The Bertz CT molecular complexity index is 318. The van der Waals surface area contributed by atoms with Crippen LogP contribution < -0.4 is 15.2 Å². The molecular weight excluding hydrogens is 204 g/mol. The maximum atomic E-state index is 12.1. The average Bonchev–Trinajstić information content (AvgIpc) is 2.18. The molecule has 1 rings (SSSR count). The summed E-state index contributed by atoms with van der Waals surface area (Å²) in [4.78, 5) is 0. The van der Waals surface area contributed by atoms with Crippen LogP contribution in [-0.4, -0.2) is 20.3 Å². The maximum absolute atomic E-state index is 12.1. The van der Waals surface area contributed by atoms with Crippen LogP contribution >= 0.6 is 0 Å². The highest BCUT2D eigenvalue weighted by atomic mass is 19.3. The number of nitrogens with two attached hydrogens (primary N) is 1. The lowest BCUT2D eigenvalue weighted by atomic mass is 10.1. The first-order chi connectivity index (χ1) is 7.17. The lowest BCUT2D eigenvalue weighted by Gasteiger charge is -2.11. The molecule has 15 heavy (non-hydrogen) atoms. The second-order valence-corrected chi connectivity index (χ2v) is 2.90. The maximum Gasteiger partial charge on any atom is 0.387 e. The fourth-order valence-corrected chi connectivity index (χ4v) is 1.23. The lowest BCUT2D eigenvalue weighted by molar-refractivity contribution is -0.0512. The van der Waals surface area contributed by atoms with Crippen molar-refractivity contribution in [1.82, 2.24) is 0 Å². The van der Waals surface area contributed by atoms with E-state index in [2.05, 4.69) is 4.74 Å². The Labute approximate surface area is 86.8 Å². The van der Waals surface area contributed by atoms with Gasteiger partial charge in [-0.2, -0.15) is 8.78 Å². The van der Waals surface area contributed by atoms with E-state index in [0.29, 0.717) is 13.0 Å². The largest absolute Gasteiger partial charge is 0.493 e. The number of alkyl halides is 2. The minimum absolute atomic E-state index is 0.0402. The van der Waals surface area contributed by atoms with E-state index in [4.69, 9.17) is 10.5 Å². The molecule has 0 radical (unpaired) electrons. The van der Waals surface area contributed by atoms with Gasteiger partial charge in [0.15, 0.2) is 11.5 Å². The zero-order chi connectivity index (χ0) is 11.3. The van der Waals surface area contributed by atoms with Gasteiger partial charge in [0.1, 0.15) is 0 Å². The second-order valence-electron chi connectivity index (χ2n) is 2.90. The van der Waals surface area contributed by atoms with Gasteiger partial charge in [-0.05, 0) is 30.7 Å². The predicted molar refractivity (Wildman–Crippen MR) is 52.4 cm³/mol. The van der Waals surface area contributed by atoms with Crippen LogP contribution in [0.25, 0.3) is 0 Å². The first-order valence-corrected chi connectivity index (χ1v) is 4.49. The number of benzene rings is 1. The summed E-state index contributed by atoms with van der Waals surface area (Å²) in [5.41, 5.74) is 6.20. The van der Waals surface area contributed by atoms with Crippen LogP contribution in [0.3, 0.4) is 0 Å². The fourth-order valence-electron chi connectivity index (χ4n) is 1.23. The molecule has 0 aromatic heterocycles. The third kappa shape index (κ3) is 3.36. The van der Waals surface area contributed by atoms with Crippen molar-refractivity contribution in [3.63, 3.8) is 0 Å². The Hall–Kier alpha value is -1.36. The van der Waals surface area contributed by atoms with Crippen LogP contribution in [0.2, 0.25) is 0 Å². The predicted octanol–water partition coefficient (Wildman–Crippen LogP) is 1.80. The van der Waals surface area contributed by atoms with E-state index in [1.54, 1.807) is 12.1 Å². The highest BCUT2D eigenvalue weighted by Crippen LogP contribution is 2.29. The van der Waals surface area contributed by atoms with Crippen LogP contribution in [0.5, 0.6) is 11.5 Å². The van der Waals surface area contributed by atoms with Gasteiger partial charge in [-0.25, -0.2) is 0 Å². The van der Waals surface area contributed by atoms with Crippen LogP contribution in [-0.2, 0) is 6.42 Å². The van der Waals surface area contributed by atoms with Crippen molar-refractivity contribution in [2.45, 2.75) is 13.0 Å². The van der Waals surface area contributed by atoms with Crippen LogP contribution in [0.1, 0.15) is 5.56 Å². The standard InChI is InChI=1S/C10H13F2NO2/c1-14-8-3-2-7(4-5-13)6-9(8)15-10(11)12/h2-3,6,10H,4-5,13H2,1H3. The minimum Gasteiger partial charge on any atom is -0.493 e. The molecule has 0 spiro atoms. The van der Waals surface area contributed by atoms with Gasteiger partial charge in [0, 0.05) is 0 Å². The van der Waals surface area contributed by atoms with Crippen LogP contribution in [0.15, 0.2) is 18.2 Å². The van der Waals surface area contributed by atoms with E-state index in [-0.39, 0.29) is 11.5 Å². The third-order valence-electron chi connectivity index (χ3n) is 1.88. The zero-order valence-corrected chi connectivity index (χ0v) is 8.37. The number of rotatable bonds is 5. The molecule has 0 fully saturated rings. The molecular formula is C10H13F2NO2. The lowest BCUT2D eigenvalue weighted by Crippen LogP contribution is -2.06. The van der Waals surface area contributed by atoms with E-state index in [0.717, 1.165) is 5.56 Å². The monoisotopic (exact) mass is 217 g/mol. The number of methoxy groups -OCH3 is 1. The summed E-state index contributed by atoms with van der Waals surface area (Å²) in [6, 6.07) is 4.87.